The van der Waals surface area contributed by atoms with Gasteiger partial charge in [0.25, 0.3) is 0 Å². The van der Waals surface area contributed by atoms with Gasteiger partial charge in [0.15, 0.2) is 0 Å². The van der Waals surface area contributed by atoms with Crippen molar-refractivity contribution in [2.24, 2.45) is 5.92 Å². The molecule has 1 saturated carbocycles. The number of rotatable bonds is 4. The van der Waals surface area contributed by atoms with Crippen LogP contribution in [0.3, 0.4) is 0 Å². The van der Waals surface area contributed by atoms with E-state index in [1.165, 1.54) is 37.0 Å². The number of amides is 2. The summed E-state index contributed by atoms with van der Waals surface area (Å²) in [7, 11) is 0. The van der Waals surface area contributed by atoms with Gasteiger partial charge in [-0.2, -0.15) is 0 Å². The highest BCUT2D eigenvalue weighted by atomic mass is 16.4. The fourth-order valence-corrected chi connectivity index (χ4v) is 3.23. The van der Waals surface area contributed by atoms with Crippen LogP contribution >= 0.6 is 0 Å². The Bertz CT molecular complexity index is 327. The number of hydrogen-bond donors (Lipinski definition) is 2. The molecule has 2 fully saturated rings. The zero-order valence-electron chi connectivity index (χ0n) is 11.4. The van der Waals surface area contributed by atoms with Crippen LogP contribution in [0.15, 0.2) is 0 Å². The summed E-state index contributed by atoms with van der Waals surface area (Å²) in [5.41, 5.74) is 0. The Morgan fingerprint density at radius 3 is 2.53 bits per heavy atom. The zero-order chi connectivity index (χ0) is 13.7. The fraction of sp³-hybridized carbons (Fsp3) is 0.857. The van der Waals surface area contributed by atoms with E-state index in [0.29, 0.717) is 19.5 Å². The lowest BCUT2D eigenvalue weighted by molar-refractivity contribution is -0.141. The topological polar surface area (TPSA) is 69.6 Å². The van der Waals surface area contributed by atoms with Crippen LogP contribution in [0.5, 0.6) is 0 Å². The highest BCUT2D eigenvalue weighted by molar-refractivity contribution is 5.83. The number of urea groups is 1. The van der Waals surface area contributed by atoms with Crippen molar-refractivity contribution in [3.05, 3.63) is 0 Å². The number of nitrogens with one attached hydrogen (secondary N) is 1. The van der Waals surface area contributed by atoms with Crippen LogP contribution in [0.25, 0.3) is 0 Å². The number of aliphatic carboxylic acids is 1. The number of carboxylic acids is 1. The van der Waals surface area contributed by atoms with Gasteiger partial charge in [0.05, 0.1) is 0 Å². The predicted octanol–water partition coefficient (Wildman–Crippen LogP) is 2.22. The van der Waals surface area contributed by atoms with Gasteiger partial charge in [0, 0.05) is 13.1 Å². The van der Waals surface area contributed by atoms with Gasteiger partial charge >= 0.3 is 12.0 Å². The lowest BCUT2D eigenvalue weighted by atomic mass is 9.87. The van der Waals surface area contributed by atoms with Crippen LogP contribution in [0.4, 0.5) is 4.79 Å². The summed E-state index contributed by atoms with van der Waals surface area (Å²) in [6.45, 7) is 1.23. The van der Waals surface area contributed by atoms with Crippen LogP contribution < -0.4 is 5.32 Å². The molecule has 2 amide bonds. The number of carbonyl (C=O) groups is 2. The molecule has 1 saturated heterocycles. The summed E-state index contributed by atoms with van der Waals surface area (Å²) in [4.78, 5) is 24.4. The molecule has 2 aliphatic rings. The average Bonchev–Trinajstić information content (AvgIpc) is 2.89. The molecule has 0 spiro atoms. The molecule has 0 aromatic rings. The fourth-order valence-electron chi connectivity index (χ4n) is 3.23. The van der Waals surface area contributed by atoms with Crippen LogP contribution in [0.1, 0.15) is 51.4 Å². The number of carboxylic acid groups (broad SMARTS) is 1. The first-order valence-corrected chi connectivity index (χ1v) is 7.46. The minimum absolute atomic E-state index is 0.208. The SMILES string of the molecule is O=C(O)[C@H]1CCCN1C(=O)NCCC1CCCCC1. The van der Waals surface area contributed by atoms with Crippen molar-refractivity contribution >= 4 is 12.0 Å². The van der Waals surface area contributed by atoms with Crippen molar-refractivity contribution in [1.82, 2.24) is 10.2 Å². The maximum atomic E-state index is 12.0. The van der Waals surface area contributed by atoms with E-state index in [0.717, 1.165) is 18.8 Å². The molecule has 0 radical (unpaired) electrons. The molecule has 1 aliphatic carbocycles. The third-order valence-electron chi connectivity index (χ3n) is 4.35. The van der Waals surface area contributed by atoms with Crippen LogP contribution in [-0.2, 0) is 4.79 Å². The molecular formula is C14H24N2O3. The number of likely N-dealkylation sites (tertiary alicyclic amines) is 1. The lowest BCUT2D eigenvalue weighted by Gasteiger charge is -2.24. The lowest BCUT2D eigenvalue weighted by Crippen LogP contribution is -2.46. The van der Waals surface area contributed by atoms with Crippen molar-refractivity contribution in [2.75, 3.05) is 13.1 Å². The highest BCUT2D eigenvalue weighted by Crippen LogP contribution is 2.25. The quantitative estimate of drug-likeness (QED) is 0.821. The minimum Gasteiger partial charge on any atom is -0.480 e. The number of nitrogens with zero attached hydrogens (tertiary/aromatic N) is 1. The molecule has 0 aromatic heterocycles. The predicted molar refractivity (Wildman–Crippen MR) is 72.0 cm³/mol. The second kappa shape index (κ2) is 6.78. The van der Waals surface area contributed by atoms with Gasteiger partial charge < -0.3 is 15.3 Å². The summed E-state index contributed by atoms with van der Waals surface area (Å²) in [5, 5.41) is 11.9. The van der Waals surface area contributed by atoms with Gasteiger partial charge in [-0.3, -0.25) is 0 Å². The smallest absolute Gasteiger partial charge is 0.326 e. The standard InChI is InChI=1S/C14H24N2O3/c17-13(18)12-7-4-10-16(12)14(19)15-9-8-11-5-2-1-3-6-11/h11-12H,1-10H2,(H,15,19)(H,17,18)/t12-/m1/s1. The van der Waals surface area contributed by atoms with E-state index in [4.69, 9.17) is 5.11 Å². The first kappa shape index (κ1) is 14.2. The van der Waals surface area contributed by atoms with Crippen molar-refractivity contribution in [2.45, 2.75) is 57.4 Å². The monoisotopic (exact) mass is 268 g/mol. The summed E-state index contributed by atoms with van der Waals surface area (Å²) < 4.78 is 0. The molecule has 2 N–H and O–H groups in total. The van der Waals surface area contributed by atoms with E-state index in [-0.39, 0.29) is 6.03 Å². The molecule has 5 nitrogen and oxygen atoms in total. The Morgan fingerprint density at radius 2 is 1.84 bits per heavy atom. The summed E-state index contributed by atoms with van der Waals surface area (Å²) in [6, 6.07) is -0.838. The molecule has 5 heteroatoms. The molecular weight excluding hydrogens is 244 g/mol. The molecule has 108 valence electrons. The van der Waals surface area contributed by atoms with Gasteiger partial charge in [0.2, 0.25) is 0 Å². The summed E-state index contributed by atoms with van der Waals surface area (Å²) in [5.74, 6) is -0.150. The molecule has 0 unspecified atom stereocenters. The summed E-state index contributed by atoms with van der Waals surface area (Å²) >= 11 is 0. The van der Waals surface area contributed by atoms with Gasteiger partial charge in [-0.25, -0.2) is 9.59 Å². The van der Waals surface area contributed by atoms with Crippen molar-refractivity contribution < 1.29 is 14.7 Å². The Balaban J connectivity index is 1.70. The van der Waals surface area contributed by atoms with E-state index in [1.807, 2.05) is 0 Å². The van der Waals surface area contributed by atoms with Gasteiger partial charge in [0.1, 0.15) is 6.04 Å². The van der Waals surface area contributed by atoms with E-state index in [1.54, 1.807) is 0 Å². The Labute approximate surface area is 114 Å². The molecule has 1 atom stereocenters. The zero-order valence-corrected chi connectivity index (χ0v) is 11.4. The van der Waals surface area contributed by atoms with E-state index in [9.17, 15) is 9.59 Å². The molecule has 19 heavy (non-hydrogen) atoms. The van der Waals surface area contributed by atoms with E-state index in [2.05, 4.69) is 5.32 Å². The molecule has 1 aliphatic heterocycles. The minimum atomic E-state index is -0.889. The van der Waals surface area contributed by atoms with Gasteiger partial charge in [-0.1, -0.05) is 32.1 Å². The molecule has 0 aromatic carbocycles. The van der Waals surface area contributed by atoms with Crippen LogP contribution in [0, 0.1) is 5.92 Å². The number of hydrogen-bond acceptors (Lipinski definition) is 2. The number of carbonyl (C=O) groups excluding carboxylic acids is 1. The average molecular weight is 268 g/mol. The second-order valence-electron chi connectivity index (χ2n) is 5.71. The maximum Gasteiger partial charge on any atom is 0.326 e. The van der Waals surface area contributed by atoms with Gasteiger partial charge in [-0.15, -0.1) is 0 Å². The third-order valence-corrected chi connectivity index (χ3v) is 4.35. The first-order valence-electron chi connectivity index (χ1n) is 7.46. The Kier molecular flexibility index (Phi) is 5.05. The van der Waals surface area contributed by atoms with Crippen molar-refractivity contribution in [3.8, 4) is 0 Å². The highest BCUT2D eigenvalue weighted by Gasteiger charge is 2.33. The van der Waals surface area contributed by atoms with Crippen LogP contribution in [0.2, 0.25) is 0 Å². The molecule has 2 rings (SSSR count). The third kappa shape index (κ3) is 3.85. The Morgan fingerprint density at radius 1 is 1.11 bits per heavy atom. The molecule has 1 heterocycles. The maximum absolute atomic E-state index is 12.0. The second-order valence-corrected chi connectivity index (χ2v) is 5.71. The van der Waals surface area contributed by atoms with Crippen LogP contribution in [-0.4, -0.2) is 41.1 Å². The van der Waals surface area contributed by atoms with E-state index >= 15 is 0 Å². The normalized spacial score (nSPS) is 24.4. The Hall–Kier alpha value is -1.26. The van der Waals surface area contributed by atoms with Crippen molar-refractivity contribution in [3.63, 3.8) is 0 Å². The first-order chi connectivity index (χ1) is 9.18. The largest absolute Gasteiger partial charge is 0.480 e. The van der Waals surface area contributed by atoms with Crippen molar-refractivity contribution in [1.29, 1.82) is 0 Å². The molecule has 0 bridgehead atoms. The van der Waals surface area contributed by atoms with E-state index < -0.39 is 12.0 Å². The summed E-state index contributed by atoms with van der Waals surface area (Å²) in [6.07, 6.45) is 8.90. The van der Waals surface area contributed by atoms with Gasteiger partial charge in [-0.05, 0) is 25.2 Å².